The Balaban J connectivity index is 2.26. The molecular formula is C16H13NO2. The average Bonchev–Trinajstić information content (AvgIpc) is 2.47. The van der Waals surface area contributed by atoms with Crippen LogP contribution >= 0.6 is 0 Å². The highest BCUT2D eigenvalue weighted by atomic mass is 16.5. The number of allylic oxidation sites excluding steroid dienone is 1. The van der Waals surface area contributed by atoms with Crippen LogP contribution in [0.3, 0.4) is 0 Å². The van der Waals surface area contributed by atoms with Gasteiger partial charge in [0.05, 0.1) is 6.07 Å². The topological polar surface area (TPSA) is 50.1 Å². The Bertz CT molecular complexity index is 612. The maximum atomic E-state index is 11.1. The fourth-order valence-electron chi connectivity index (χ4n) is 1.85. The van der Waals surface area contributed by atoms with E-state index in [1.807, 2.05) is 24.3 Å². The molecule has 0 aliphatic carbocycles. The van der Waals surface area contributed by atoms with Crippen LogP contribution in [0.1, 0.15) is 24.8 Å². The summed E-state index contributed by atoms with van der Waals surface area (Å²) in [5, 5.41) is 8.45. The van der Waals surface area contributed by atoms with E-state index >= 15 is 0 Å². The molecule has 1 aliphatic rings. The molecule has 0 fully saturated rings. The lowest BCUT2D eigenvalue weighted by Gasteiger charge is -2.18. The zero-order valence-corrected chi connectivity index (χ0v) is 10.5. The molecular weight excluding hydrogens is 238 g/mol. The summed E-state index contributed by atoms with van der Waals surface area (Å²) in [6, 6.07) is 9.64. The number of para-hydroxylation sites is 1. The first-order valence-electron chi connectivity index (χ1n) is 6.13. The predicted molar refractivity (Wildman–Crippen MR) is 72.2 cm³/mol. The summed E-state index contributed by atoms with van der Waals surface area (Å²) in [6.07, 6.45) is 2.72. The van der Waals surface area contributed by atoms with E-state index in [0.717, 1.165) is 29.6 Å². The van der Waals surface area contributed by atoms with Crippen molar-refractivity contribution in [2.45, 2.75) is 19.3 Å². The van der Waals surface area contributed by atoms with E-state index < -0.39 is 0 Å². The number of carbonyl (C=O) groups is 1. The van der Waals surface area contributed by atoms with Gasteiger partial charge in [0.2, 0.25) is 0 Å². The Morgan fingerprint density at radius 2 is 2.16 bits per heavy atom. The van der Waals surface area contributed by atoms with E-state index in [2.05, 4.69) is 17.9 Å². The Kier molecular flexibility index (Phi) is 4.37. The monoisotopic (exact) mass is 251 g/mol. The molecule has 0 unspecified atom stereocenters. The van der Waals surface area contributed by atoms with Gasteiger partial charge in [0, 0.05) is 29.6 Å². The van der Waals surface area contributed by atoms with Gasteiger partial charge in [0.1, 0.15) is 12.4 Å². The summed E-state index contributed by atoms with van der Waals surface area (Å²) in [4.78, 5) is 11.1. The van der Waals surface area contributed by atoms with Crippen LogP contribution < -0.4 is 4.74 Å². The highest BCUT2D eigenvalue weighted by Gasteiger charge is 2.17. The van der Waals surface area contributed by atoms with Crippen LogP contribution in [0.25, 0.3) is 5.57 Å². The van der Waals surface area contributed by atoms with Gasteiger partial charge in [-0.2, -0.15) is 5.26 Å². The van der Waals surface area contributed by atoms with Crippen molar-refractivity contribution in [1.82, 2.24) is 0 Å². The van der Waals surface area contributed by atoms with E-state index in [4.69, 9.17) is 10.00 Å². The molecule has 3 heteroatoms. The summed E-state index contributed by atoms with van der Waals surface area (Å²) in [5.41, 5.74) is 2.18. The highest BCUT2D eigenvalue weighted by molar-refractivity contribution is 5.97. The maximum Gasteiger partial charge on any atom is 0.150 e. The molecule has 0 spiro atoms. The lowest BCUT2D eigenvalue weighted by Crippen LogP contribution is -2.11. The van der Waals surface area contributed by atoms with Crippen molar-refractivity contribution in [2.75, 3.05) is 6.61 Å². The number of fused-ring (bicyclic) bond motifs is 1. The molecule has 3 nitrogen and oxygen atoms in total. The zero-order valence-electron chi connectivity index (χ0n) is 10.5. The molecule has 94 valence electrons. The van der Waals surface area contributed by atoms with Crippen LogP contribution in [0.5, 0.6) is 5.75 Å². The van der Waals surface area contributed by atoms with Crippen LogP contribution in [-0.4, -0.2) is 12.9 Å². The van der Waals surface area contributed by atoms with Crippen LogP contribution in [-0.2, 0) is 4.79 Å². The molecule has 0 N–H and O–H groups in total. The van der Waals surface area contributed by atoms with Crippen molar-refractivity contribution in [3.05, 3.63) is 35.4 Å². The minimum Gasteiger partial charge on any atom is -0.488 e. The SMILES string of the molecule is N#CCCCC#CC1=C(C=O)COc2ccccc21. The number of rotatable bonds is 3. The first-order chi connectivity index (χ1) is 9.36. The van der Waals surface area contributed by atoms with Gasteiger partial charge in [-0.05, 0) is 18.6 Å². The van der Waals surface area contributed by atoms with E-state index in [1.54, 1.807) is 0 Å². The largest absolute Gasteiger partial charge is 0.488 e. The van der Waals surface area contributed by atoms with E-state index in [-0.39, 0.29) is 6.61 Å². The van der Waals surface area contributed by atoms with Crippen molar-refractivity contribution >= 4 is 11.9 Å². The minimum absolute atomic E-state index is 0.267. The highest BCUT2D eigenvalue weighted by Crippen LogP contribution is 2.31. The normalized spacial score (nSPS) is 12.6. The number of unbranched alkanes of at least 4 members (excludes halogenated alkanes) is 2. The summed E-state index contributed by atoms with van der Waals surface area (Å²) in [6.45, 7) is 0.267. The molecule has 0 saturated carbocycles. The Morgan fingerprint density at radius 3 is 2.95 bits per heavy atom. The number of ether oxygens (including phenoxy) is 1. The molecule has 0 radical (unpaired) electrons. The van der Waals surface area contributed by atoms with Crippen LogP contribution in [0.15, 0.2) is 29.8 Å². The van der Waals surface area contributed by atoms with Gasteiger partial charge < -0.3 is 4.74 Å². The lowest BCUT2D eigenvalue weighted by atomic mass is 9.98. The second kappa shape index (κ2) is 6.42. The third kappa shape index (κ3) is 3.03. The first kappa shape index (κ1) is 12.9. The predicted octanol–water partition coefficient (Wildman–Crippen LogP) is 2.73. The molecule has 1 heterocycles. The quantitative estimate of drug-likeness (QED) is 0.471. The zero-order chi connectivity index (χ0) is 13.5. The number of carbonyl (C=O) groups excluding carboxylic acids is 1. The standard InChI is InChI=1S/C16H13NO2/c17-10-6-2-1-3-7-14-13(11-18)12-19-16-9-5-4-8-15(14)16/h4-5,8-9,11H,1-2,6,12H2. The van der Waals surface area contributed by atoms with Crippen LogP contribution in [0, 0.1) is 23.2 Å². The van der Waals surface area contributed by atoms with Crippen molar-refractivity contribution in [2.24, 2.45) is 0 Å². The first-order valence-corrected chi connectivity index (χ1v) is 6.13. The minimum atomic E-state index is 0.267. The van der Waals surface area contributed by atoms with Crippen LogP contribution in [0.2, 0.25) is 0 Å². The smallest absolute Gasteiger partial charge is 0.150 e. The van der Waals surface area contributed by atoms with E-state index in [1.165, 1.54) is 0 Å². The van der Waals surface area contributed by atoms with Crippen molar-refractivity contribution in [1.29, 1.82) is 5.26 Å². The van der Waals surface area contributed by atoms with Gasteiger partial charge in [0.15, 0.2) is 6.29 Å². The lowest BCUT2D eigenvalue weighted by molar-refractivity contribution is -0.105. The van der Waals surface area contributed by atoms with Crippen LogP contribution in [0.4, 0.5) is 0 Å². The second-order valence-electron chi connectivity index (χ2n) is 4.12. The number of hydrogen-bond donors (Lipinski definition) is 0. The molecule has 1 aliphatic heterocycles. The molecule has 0 bridgehead atoms. The summed E-state index contributed by atoms with van der Waals surface area (Å²) in [7, 11) is 0. The Hall–Kier alpha value is -2.52. The molecule has 0 amide bonds. The number of aldehydes is 1. The van der Waals surface area contributed by atoms with E-state index in [0.29, 0.717) is 18.4 Å². The van der Waals surface area contributed by atoms with Gasteiger partial charge in [-0.25, -0.2) is 0 Å². The Labute approximate surface area is 112 Å². The van der Waals surface area contributed by atoms with Gasteiger partial charge in [-0.3, -0.25) is 4.79 Å². The molecule has 0 saturated heterocycles. The molecule has 2 rings (SSSR count). The third-order valence-electron chi connectivity index (χ3n) is 2.81. The fourth-order valence-corrected chi connectivity index (χ4v) is 1.85. The van der Waals surface area contributed by atoms with Gasteiger partial charge in [-0.1, -0.05) is 24.0 Å². The number of hydrogen-bond acceptors (Lipinski definition) is 3. The van der Waals surface area contributed by atoms with E-state index in [9.17, 15) is 4.79 Å². The Morgan fingerprint density at radius 1 is 1.32 bits per heavy atom. The van der Waals surface area contributed by atoms with Crippen molar-refractivity contribution in [3.8, 4) is 23.7 Å². The number of nitriles is 1. The maximum absolute atomic E-state index is 11.1. The number of benzene rings is 1. The van der Waals surface area contributed by atoms with Gasteiger partial charge in [0.25, 0.3) is 0 Å². The molecule has 1 aromatic carbocycles. The average molecular weight is 251 g/mol. The number of nitrogens with zero attached hydrogens (tertiary/aromatic N) is 1. The van der Waals surface area contributed by atoms with Gasteiger partial charge in [-0.15, -0.1) is 0 Å². The fraction of sp³-hybridized carbons (Fsp3) is 0.250. The molecule has 1 aromatic rings. The molecule has 19 heavy (non-hydrogen) atoms. The second-order valence-corrected chi connectivity index (χ2v) is 4.12. The summed E-state index contributed by atoms with van der Waals surface area (Å²) < 4.78 is 5.50. The summed E-state index contributed by atoms with van der Waals surface area (Å²) >= 11 is 0. The molecule has 0 atom stereocenters. The van der Waals surface area contributed by atoms with Crippen molar-refractivity contribution in [3.63, 3.8) is 0 Å². The van der Waals surface area contributed by atoms with Gasteiger partial charge >= 0.3 is 0 Å². The molecule has 0 aromatic heterocycles. The van der Waals surface area contributed by atoms with Crippen molar-refractivity contribution < 1.29 is 9.53 Å². The third-order valence-corrected chi connectivity index (χ3v) is 2.81. The summed E-state index contributed by atoms with van der Waals surface area (Å²) in [5.74, 6) is 6.83.